The summed E-state index contributed by atoms with van der Waals surface area (Å²) in [5, 5.41) is 0. The van der Waals surface area contributed by atoms with Crippen LogP contribution in [0.5, 0.6) is 0 Å². The van der Waals surface area contributed by atoms with Gasteiger partial charge in [0.1, 0.15) is 6.34 Å². The van der Waals surface area contributed by atoms with Gasteiger partial charge in [0.25, 0.3) is 0 Å². The van der Waals surface area contributed by atoms with Crippen molar-refractivity contribution in [2.45, 2.75) is 6.92 Å². The summed E-state index contributed by atoms with van der Waals surface area (Å²) < 4.78 is 3.83. The molecule has 7 heavy (non-hydrogen) atoms. The summed E-state index contributed by atoms with van der Waals surface area (Å²) in [5.74, 6) is 0.955. The number of aliphatic imine (C=N–C) groups is 1. The van der Waals surface area contributed by atoms with Crippen molar-refractivity contribution < 1.29 is 0 Å². The minimum atomic E-state index is 0.955. The van der Waals surface area contributed by atoms with Gasteiger partial charge in [0, 0.05) is 5.71 Å². The van der Waals surface area contributed by atoms with Crippen LogP contribution in [0.15, 0.2) is 9.39 Å². The van der Waals surface area contributed by atoms with E-state index in [0.29, 0.717) is 0 Å². The fraction of sp³-hybridized carbons (Fsp3) is 0.500. The Morgan fingerprint density at radius 2 is 2.71 bits per heavy atom. The number of hydrogen-bond donors (Lipinski definition) is 0. The summed E-state index contributed by atoms with van der Waals surface area (Å²) in [7, 11) is 0. The Morgan fingerprint density at radius 1 is 1.86 bits per heavy atom. The Balaban J connectivity index is 2.57. The van der Waals surface area contributed by atoms with Crippen LogP contribution in [0, 0.1) is 0 Å². The van der Waals surface area contributed by atoms with Crippen molar-refractivity contribution in [1.82, 2.24) is 0 Å². The molecule has 1 heterocycles. The molecule has 0 spiro atoms. The van der Waals surface area contributed by atoms with Crippen LogP contribution in [0.4, 0.5) is 0 Å². The number of nitrogens with zero attached hydrogens (tertiary/aromatic N) is 2. The van der Waals surface area contributed by atoms with Crippen LogP contribution in [-0.4, -0.2) is 17.8 Å². The number of hydrogen-bond acceptors (Lipinski definition) is 3. The number of rotatable bonds is 0. The van der Waals surface area contributed by atoms with Crippen LogP contribution >= 0.6 is 11.9 Å². The van der Waals surface area contributed by atoms with E-state index in [-0.39, 0.29) is 0 Å². The minimum Gasteiger partial charge on any atom is -0.244 e. The summed E-state index contributed by atoms with van der Waals surface area (Å²) in [6.45, 7) is 2.00. The van der Waals surface area contributed by atoms with Gasteiger partial charge in [0.15, 0.2) is 0 Å². The van der Waals surface area contributed by atoms with Gasteiger partial charge in [-0.2, -0.15) is 0 Å². The highest BCUT2D eigenvalue weighted by Gasteiger charge is 1.92. The quantitative estimate of drug-likeness (QED) is 0.433. The van der Waals surface area contributed by atoms with Crippen molar-refractivity contribution in [3.8, 4) is 0 Å². The first-order chi connectivity index (χ1) is 3.39. The molecular weight excluding hydrogens is 108 g/mol. The van der Waals surface area contributed by atoms with Gasteiger partial charge in [0.2, 0.25) is 0 Å². The molecule has 1 aliphatic rings. The predicted octanol–water partition coefficient (Wildman–Crippen LogP) is 1.14. The molecule has 0 amide bonds. The third-order valence-corrected chi connectivity index (χ3v) is 1.46. The van der Waals surface area contributed by atoms with E-state index in [0.717, 1.165) is 11.5 Å². The molecule has 0 aromatic rings. The van der Waals surface area contributed by atoms with Gasteiger partial charge >= 0.3 is 0 Å². The maximum absolute atomic E-state index is 3.93. The molecule has 0 aromatic heterocycles. The first-order valence-corrected chi connectivity index (χ1v) is 3.01. The van der Waals surface area contributed by atoms with Crippen LogP contribution in [0.3, 0.4) is 0 Å². The lowest BCUT2D eigenvalue weighted by Gasteiger charge is -1.96. The summed E-state index contributed by atoms with van der Waals surface area (Å²) in [6, 6.07) is 0. The lowest BCUT2D eigenvalue weighted by Crippen LogP contribution is -1.97. The van der Waals surface area contributed by atoms with Crippen LogP contribution in [0.25, 0.3) is 0 Å². The molecule has 1 rings (SSSR count). The SMILES string of the molecule is CC1=NC=NSC1. The molecule has 0 radical (unpaired) electrons. The normalized spacial score (nSPS) is 19.3. The second-order valence-electron chi connectivity index (χ2n) is 1.36. The predicted molar refractivity (Wildman–Crippen MR) is 34.1 cm³/mol. The molecule has 0 bridgehead atoms. The van der Waals surface area contributed by atoms with Gasteiger partial charge in [-0.1, -0.05) is 0 Å². The Labute approximate surface area is 46.9 Å². The van der Waals surface area contributed by atoms with Crippen LogP contribution in [-0.2, 0) is 0 Å². The summed E-state index contributed by atoms with van der Waals surface area (Å²) in [6.07, 6.45) is 1.59. The average Bonchev–Trinajstić information content (AvgIpc) is 1.69. The van der Waals surface area contributed by atoms with E-state index in [4.69, 9.17) is 0 Å². The molecule has 0 aromatic carbocycles. The second kappa shape index (κ2) is 2.12. The highest BCUT2D eigenvalue weighted by molar-refractivity contribution is 7.98. The first kappa shape index (κ1) is 4.84. The van der Waals surface area contributed by atoms with E-state index in [9.17, 15) is 0 Å². The van der Waals surface area contributed by atoms with Crippen molar-refractivity contribution in [3.63, 3.8) is 0 Å². The zero-order chi connectivity index (χ0) is 5.11. The lowest BCUT2D eigenvalue weighted by molar-refractivity contribution is 1.59. The molecule has 0 aliphatic carbocycles. The second-order valence-corrected chi connectivity index (χ2v) is 2.12. The first-order valence-electron chi connectivity index (χ1n) is 2.06. The molecular formula is C4H6N2S. The van der Waals surface area contributed by atoms with Crippen molar-refractivity contribution >= 4 is 24.0 Å². The van der Waals surface area contributed by atoms with E-state index in [1.165, 1.54) is 0 Å². The van der Waals surface area contributed by atoms with E-state index < -0.39 is 0 Å². The maximum atomic E-state index is 3.93. The standard InChI is InChI=1S/C4H6N2S/c1-4-2-7-6-3-5-4/h3H,2H2,1H3. The largest absolute Gasteiger partial charge is 0.244 e. The zero-order valence-corrected chi connectivity index (χ0v) is 4.90. The fourth-order valence-corrected chi connectivity index (χ4v) is 0.773. The van der Waals surface area contributed by atoms with Gasteiger partial charge in [-0.05, 0) is 18.9 Å². The van der Waals surface area contributed by atoms with Crippen LogP contribution < -0.4 is 0 Å². The monoisotopic (exact) mass is 114 g/mol. The van der Waals surface area contributed by atoms with E-state index in [2.05, 4.69) is 9.39 Å². The van der Waals surface area contributed by atoms with Gasteiger partial charge < -0.3 is 0 Å². The lowest BCUT2D eigenvalue weighted by atomic mass is 10.5. The Hall–Kier alpha value is -0.310. The fourth-order valence-electron chi connectivity index (χ4n) is 0.323. The van der Waals surface area contributed by atoms with Crippen LogP contribution in [0.2, 0.25) is 0 Å². The topological polar surface area (TPSA) is 24.7 Å². The van der Waals surface area contributed by atoms with Gasteiger partial charge in [-0.25, -0.2) is 9.39 Å². The molecule has 0 atom stereocenters. The molecule has 3 heteroatoms. The molecule has 38 valence electrons. The van der Waals surface area contributed by atoms with Crippen molar-refractivity contribution in [2.75, 3.05) is 5.75 Å². The van der Waals surface area contributed by atoms with Crippen molar-refractivity contribution in [3.05, 3.63) is 0 Å². The Morgan fingerprint density at radius 3 is 3.00 bits per heavy atom. The maximum Gasteiger partial charge on any atom is 0.123 e. The summed E-state index contributed by atoms with van der Waals surface area (Å²) in [4.78, 5) is 3.93. The minimum absolute atomic E-state index is 0.955. The van der Waals surface area contributed by atoms with Crippen molar-refractivity contribution in [1.29, 1.82) is 0 Å². The highest BCUT2D eigenvalue weighted by atomic mass is 32.2. The van der Waals surface area contributed by atoms with Gasteiger partial charge in [-0.3, -0.25) is 0 Å². The van der Waals surface area contributed by atoms with Crippen LogP contribution in [0.1, 0.15) is 6.92 Å². The third kappa shape index (κ3) is 1.31. The van der Waals surface area contributed by atoms with E-state index in [1.54, 1.807) is 18.3 Å². The third-order valence-electron chi connectivity index (χ3n) is 0.673. The van der Waals surface area contributed by atoms with E-state index in [1.807, 2.05) is 6.92 Å². The Kier molecular flexibility index (Phi) is 1.46. The molecule has 0 saturated heterocycles. The van der Waals surface area contributed by atoms with Gasteiger partial charge in [-0.15, -0.1) is 0 Å². The smallest absolute Gasteiger partial charge is 0.123 e. The molecule has 0 N–H and O–H groups in total. The molecule has 0 fully saturated rings. The molecule has 0 saturated carbocycles. The molecule has 2 nitrogen and oxygen atoms in total. The van der Waals surface area contributed by atoms with Gasteiger partial charge in [0.05, 0.1) is 5.75 Å². The zero-order valence-electron chi connectivity index (χ0n) is 4.09. The molecule has 1 aliphatic heterocycles. The van der Waals surface area contributed by atoms with E-state index >= 15 is 0 Å². The summed E-state index contributed by atoms with van der Waals surface area (Å²) in [5.41, 5.74) is 1.15. The molecule has 0 unspecified atom stereocenters. The van der Waals surface area contributed by atoms with Crippen molar-refractivity contribution in [2.24, 2.45) is 9.39 Å². The Bertz CT molecular complexity index is 117. The summed E-state index contributed by atoms with van der Waals surface area (Å²) >= 11 is 1.54. The average molecular weight is 114 g/mol. The highest BCUT2D eigenvalue weighted by Crippen LogP contribution is 2.04.